The normalized spacial score (nSPS) is 11.6. The van der Waals surface area contributed by atoms with E-state index in [9.17, 15) is 12.8 Å². The first-order chi connectivity index (χ1) is 10.9. The Labute approximate surface area is 130 Å². The van der Waals surface area contributed by atoms with Gasteiger partial charge in [0, 0.05) is 6.54 Å². The highest BCUT2D eigenvalue weighted by Gasteiger charge is 2.14. The van der Waals surface area contributed by atoms with E-state index in [0.717, 1.165) is 6.26 Å². The first kappa shape index (κ1) is 15.2. The van der Waals surface area contributed by atoms with Gasteiger partial charge in [0.1, 0.15) is 11.3 Å². The van der Waals surface area contributed by atoms with Gasteiger partial charge in [-0.3, -0.25) is 0 Å². The molecule has 0 unspecified atom stereocenters. The van der Waals surface area contributed by atoms with Crippen molar-refractivity contribution < 1.29 is 17.0 Å². The molecular weight excluding hydrogens is 325 g/mol. The number of hydrogen-bond acceptors (Lipinski definition) is 7. The molecule has 0 saturated carbocycles. The molecule has 2 aromatic heterocycles. The van der Waals surface area contributed by atoms with Crippen LogP contribution in [0.2, 0.25) is 0 Å². The Hall–Kier alpha value is -2.75. The second kappa shape index (κ2) is 5.80. The number of imidazole rings is 1. The monoisotopic (exact) mass is 337 g/mol. The van der Waals surface area contributed by atoms with Crippen molar-refractivity contribution in [1.82, 2.24) is 19.9 Å². The summed E-state index contributed by atoms with van der Waals surface area (Å²) < 4.78 is 40.3. The molecule has 0 atom stereocenters. The van der Waals surface area contributed by atoms with Gasteiger partial charge >= 0.3 is 16.1 Å². The molecule has 23 heavy (non-hydrogen) atoms. The van der Waals surface area contributed by atoms with Gasteiger partial charge in [-0.25, -0.2) is 9.37 Å². The molecule has 120 valence electrons. The van der Waals surface area contributed by atoms with E-state index in [-0.39, 0.29) is 24.0 Å². The molecule has 0 amide bonds. The van der Waals surface area contributed by atoms with Crippen molar-refractivity contribution in [3.8, 4) is 6.01 Å². The van der Waals surface area contributed by atoms with Crippen LogP contribution in [0, 0.1) is 5.82 Å². The molecule has 2 heterocycles. The highest BCUT2D eigenvalue weighted by molar-refractivity contribution is 7.86. The van der Waals surface area contributed by atoms with E-state index in [2.05, 4.69) is 29.4 Å². The largest absolute Gasteiger partial charge is 0.364 e. The maximum atomic E-state index is 13.2. The van der Waals surface area contributed by atoms with E-state index >= 15 is 0 Å². The third-order valence-electron chi connectivity index (χ3n) is 2.84. The highest BCUT2D eigenvalue weighted by Crippen LogP contribution is 2.21. The quantitative estimate of drug-likeness (QED) is 0.678. The Kier molecular flexibility index (Phi) is 3.82. The Balaban J connectivity index is 1.91. The SMILES string of the molecule is CS(=O)(=O)Oc1nc(NCc2cccc(F)c2)c2[nH]cnc2n1. The average molecular weight is 337 g/mol. The van der Waals surface area contributed by atoms with Crippen molar-refractivity contribution >= 4 is 27.1 Å². The topological polar surface area (TPSA) is 110 Å². The number of anilines is 1. The van der Waals surface area contributed by atoms with Crippen LogP contribution in [0.15, 0.2) is 30.6 Å². The van der Waals surface area contributed by atoms with Crippen LogP contribution in [0.25, 0.3) is 11.2 Å². The van der Waals surface area contributed by atoms with Crippen molar-refractivity contribution in [1.29, 1.82) is 0 Å². The third kappa shape index (κ3) is 3.72. The molecule has 0 aliphatic rings. The molecule has 0 aliphatic heterocycles. The summed E-state index contributed by atoms with van der Waals surface area (Å²) in [4.78, 5) is 14.7. The van der Waals surface area contributed by atoms with Crippen molar-refractivity contribution in [3.05, 3.63) is 42.0 Å². The molecule has 1 aromatic carbocycles. The van der Waals surface area contributed by atoms with Gasteiger partial charge in [0.25, 0.3) is 0 Å². The van der Waals surface area contributed by atoms with Crippen LogP contribution in [-0.2, 0) is 16.7 Å². The molecule has 0 radical (unpaired) electrons. The van der Waals surface area contributed by atoms with E-state index in [1.807, 2.05) is 0 Å². The minimum Gasteiger partial charge on any atom is -0.364 e. The average Bonchev–Trinajstić information content (AvgIpc) is 2.91. The number of halogens is 1. The maximum Gasteiger partial charge on any atom is 0.337 e. The summed E-state index contributed by atoms with van der Waals surface area (Å²) >= 11 is 0. The zero-order valence-electron chi connectivity index (χ0n) is 11.9. The van der Waals surface area contributed by atoms with Crippen molar-refractivity contribution in [2.75, 3.05) is 11.6 Å². The van der Waals surface area contributed by atoms with Gasteiger partial charge in [0.15, 0.2) is 11.5 Å². The van der Waals surface area contributed by atoms with Gasteiger partial charge < -0.3 is 14.5 Å². The van der Waals surface area contributed by atoms with Gasteiger partial charge in [-0.15, -0.1) is 0 Å². The van der Waals surface area contributed by atoms with Gasteiger partial charge in [0.05, 0.1) is 12.6 Å². The lowest BCUT2D eigenvalue weighted by molar-refractivity contribution is 0.472. The van der Waals surface area contributed by atoms with E-state index in [4.69, 9.17) is 0 Å². The Morgan fingerprint density at radius 1 is 1.35 bits per heavy atom. The lowest BCUT2D eigenvalue weighted by Crippen LogP contribution is -2.10. The van der Waals surface area contributed by atoms with Crippen LogP contribution in [0.3, 0.4) is 0 Å². The number of nitrogens with zero attached hydrogens (tertiary/aromatic N) is 3. The van der Waals surface area contributed by atoms with Crippen LogP contribution < -0.4 is 9.50 Å². The molecule has 0 fully saturated rings. The molecule has 3 rings (SSSR count). The number of rotatable bonds is 5. The Morgan fingerprint density at radius 3 is 2.91 bits per heavy atom. The lowest BCUT2D eigenvalue weighted by Gasteiger charge is -2.08. The number of aromatic nitrogens is 4. The number of fused-ring (bicyclic) bond motifs is 1. The standard InChI is InChI=1S/C13H12FN5O3S/c1-23(20,21)22-13-18-11(10-12(19-13)17-7-16-10)15-6-8-3-2-4-9(14)5-8/h2-5,7H,6H2,1H3,(H2,15,16,17,18,19). The molecule has 0 bridgehead atoms. The predicted molar refractivity (Wildman–Crippen MR) is 80.9 cm³/mol. The molecule has 10 heteroatoms. The summed E-state index contributed by atoms with van der Waals surface area (Å²) in [5, 5.41) is 2.98. The molecule has 0 spiro atoms. The van der Waals surface area contributed by atoms with Gasteiger partial charge in [0.2, 0.25) is 0 Å². The Bertz CT molecular complexity index is 957. The van der Waals surface area contributed by atoms with E-state index < -0.39 is 10.1 Å². The maximum absolute atomic E-state index is 13.2. The van der Waals surface area contributed by atoms with Crippen LogP contribution in [0.1, 0.15) is 5.56 Å². The van der Waals surface area contributed by atoms with E-state index in [1.54, 1.807) is 12.1 Å². The summed E-state index contributed by atoms with van der Waals surface area (Å²) in [6.45, 7) is 0.279. The second-order valence-corrected chi connectivity index (χ2v) is 6.30. The number of hydrogen-bond donors (Lipinski definition) is 2. The highest BCUT2D eigenvalue weighted by atomic mass is 32.2. The molecule has 3 aromatic rings. The van der Waals surface area contributed by atoms with E-state index in [1.165, 1.54) is 18.5 Å². The van der Waals surface area contributed by atoms with Crippen molar-refractivity contribution in [2.45, 2.75) is 6.54 Å². The van der Waals surface area contributed by atoms with Crippen LogP contribution in [0.5, 0.6) is 6.01 Å². The molecule has 2 N–H and O–H groups in total. The molecule has 0 saturated heterocycles. The van der Waals surface area contributed by atoms with E-state index in [0.29, 0.717) is 16.9 Å². The first-order valence-electron chi connectivity index (χ1n) is 6.49. The minimum absolute atomic E-state index is 0.250. The molecule has 8 nitrogen and oxygen atoms in total. The van der Waals surface area contributed by atoms with Crippen LogP contribution in [0.4, 0.5) is 10.2 Å². The van der Waals surface area contributed by atoms with Gasteiger partial charge in [-0.1, -0.05) is 12.1 Å². The summed E-state index contributed by atoms with van der Waals surface area (Å²) in [7, 11) is -3.76. The minimum atomic E-state index is -3.76. The van der Waals surface area contributed by atoms with Crippen molar-refractivity contribution in [3.63, 3.8) is 0 Å². The lowest BCUT2D eigenvalue weighted by atomic mass is 10.2. The van der Waals surface area contributed by atoms with Crippen LogP contribution in [-0.4, -0.2) is 34.6 Å². The summed E-state index contributed by atoms with van der Waals surface area (Å²) in [6, 6.07) is 5.73. The first-order valence-corrected chi connectivity index (χ1v) is 8.31. The summed E-state index contributed by atoms with van der Waals surface area (Å²) in [5.41, 5.74) is 1.43. The van der Waals surface area contributed by atoms with Crippen LogP contribution >= 0.6 is 0 Å². The number of H-pyrrole nitrogens is 1. The number of nitrogens with one attached hydrogen (secondary N) is 2. The second-order valence-electron chi connectivity index (χ2n) is 4.73. The third-order valence-corrected chi connectivity index (χ3v) is 3.29. The molecular formula is C13H12FN5O3S. The fourth-order valence-electron chi connectivity index (χ4n) is 1.95. The van der Waals surface area contributed by atoms with Gasteiger partial charge in [-0.05, 0) is 17.7 Å². The zero-order chi connectivity index (χ0) is 16.4. The predicted octanol–water partition coefficient (Wildman–Crippen LogP) is 1.44. The molecule has 0 aliphatic carbocycles. The Morgan fingerprint density at radius 2 is 2.17 bits per heavy atom. The van der Waals surface area contributed by atoms with Gasteiger partial charge in [-0.2, -0.15) is 18.4 Å². The smallest absolute Gasteiger partial charge is 0.337 e. The zero-order valence-corrected chi connectivity index (χ0v) is 12.8. The summed E-state index contributed by atoms with van der Waals surface area (Å²) in [5.74, 6) is -0.0461. The fraction of sp³-hybridized carbons (Fsp3) is 0.154. The van der Waals surface area contributed by atoms with Crippen molar-refractivity contribution in [2.24, 2.45) is 0 Å². The summed E-state index contributed by atoms with van der Waals surface area (Å²) in [6.07, 6.45) is 2.29. The number of benzene rings is 1. The fourth-order valence-corrected chi connectivity index (χ4v) is 2.29. The number of aromatic amines is 1.